The second kappa shape index (κ2) is 6.02. The lowest BCUT2D eigenvalue weighted by molar-refractivity contribution is -0.139. The molecule has 0 bridgehead atoms. The summed E-state index contributed by atoms with van der Waals surface area (Å²) < 4.78 is 24.7. The Morgan fingerprint density at radius 2 is 1.70 bits per heavy atom. The van der Waals surface area contributed by atoms with Gasteiger partial charge in [0.2, 0.25) is 15.9 Å². The summed E-state index contributed by atoms with van der Waals surface area (Å²) in [6.07, 6.45) is 3.99. The van der Waals surface area contributed by atoms with Gasteiger partial charge in [0, 0.05) is 26.2 Å². The van der Waals surface area contributed by atoms with Gasteiger partial charge in [0.25, 0.3) is 0 Å². The van der Waals surface area contributed by atoms with Crippen LogP contribution in [0.1, 0.15) is 33.1 Å². The topological polar surface area (TPSA) is 57.7 Å². The number of carbonyl (C=O) groups is 1. The second-order valence-corrected chi connectivity index (χ2v) is 8.63. The summed E-state index contributed by atoms with van der Waals surface area (Å²) >= 11 is 0. The zero-order valence-electron chi connectivity index (χ0n) is 12.7. The molecule has 0 radical (unpaired) electrons. The molecule has 2 saturated heterocycles. The van der Waals surface area contributed by atoms with Crippen LogP contribution < -0.4 is 0 Å². The molecule has 116 valence electrons. The molecule has 2 aliphatic rings. The quantitative estimate of drug-likeness (QED) is 0.769. The standard InChI is InChI=1S/C14H26N2O3S/c1-11-7-12(2)9-15(8-11)14(17)13-5-4-6-16(10-13)20(3,18)19/h11-13H,4-10H2,1-3H3/t11-,12-,13+/m0/s1. The Kier molecular flexibility index (Phi) is 4.74. The summed E-state index contributed by atoms with van der Waals surface area (Å²) in [5.74, 6) is 1.07. The lowest BCUT2D eigenvalue weighted by atomic mass is 9.90. The molecule has 0 aromatic rings. The fourth-order valence-corrected chi connectivity index (χ4v) is 4.46. The van der Waals surface area contributed by atoms with Gasteiger partial charge in [0.15, 0.2) is 0 Å². The number of nitrogens with zero attached hydrogens (tertiary/aromatic N) is 2. The molecular weight excluding hydrogens is 276 g/mol. The highest BCUT2D eigenvalue weighted by molar-refractivity contribution is 7.88. The highest BCUT2D eigenvalue weighted by Gasteiger charge is 2.34. The molecule has 0 unspecified atom stereocenters. The molecule has 0 spiro atoms. The van der Waals surface area contributed by atoms with E-state index in [0.29, 0.717) is 24.9 Å². The third-order valence-corrected chi connectivity index (χ3v) is 5.65. The molecule has 2 rings (SSSR count). The molecule has 0 aromatic carbocycles. The van der Waals surface area contributed by atoms with E-state index in [4.69, 9.17) is 0 Å². The molecule has 20 heavy (non-hydrogen) atoms. The van der Waals surface area contributed by atoms with Gasteiger partial charge in [-0.1, -0.05) is 13.8 Å². The summed E-state index contributed by atoms with van der Waals surface area (Å²) in [7, 11) is -3.18. The maximum Gasteiger partial charge on any atom is 0.227 e. The Morgan fingerprint density at radius 3 is 2.25 bits per heavy atom. The Morgan fingerprint density at radius 1 is 1.10 bits per heavy atom. The van der Waals surface area contributed by atoms with Crippen molar-refractivity contribution in [2.45, 2.75) is 33.1 Å². The lowest BCUT2D eigenvalue weighted by Crippen LogP contribution is -2.50. The van der Waals surface area contributed by atoms with Gasteiger partial charge in [-0.2, -0.15) is 0 Å². The molecule has 3 atom stereocenters. The molecule has 2 fully saturated rings. The van der Waals surface area contributed by atoms with Crippen LogP contribution in [0.5, 0.6) is 0 Å². The zero-order chi connectivity index (χ0) is 14.9. The SMILES string of the molecule is C[C@H]1C[C@H](C)CN(C(=O)[C@@H]2CCCN(S(C)(=O)=O)C2)C1. The van der Waals surface area contributed by atoms with Gasteiger partial charge in [-0.05, 0) is 31.1 Å². The normalized spacial score (nSPS) is 33.1. The van der Waals surface area contributed by atoms with E-state index in [2.05, 4.69) is 13.8 Å². The molecule has 0 N–H and O–H groups in total. The highest BCUT2D eigenvalue weighted by atomic mass is 32.2. The van der Waals surface area contributed by atoms with Crippen molar-refractivity contribution in [3.05, 3.63) is 0 Å². The number of carbonyl (C=O) groups excluding carboxylic acids is 1. The predicted molar refractivity (Wildman–Crippen MR) is 78.7 cm³/mol. The molecular formula is C14H26N2O3S. The average molecular weight is 302 g/mol. The van der Waals surface area contributed by atoms with Crippen molar-refractivity contribution < 1.29 is 13.2 Å². The van der Waals surface area contributed by atoms with E-state index in [9.17, 15) is 13.2 Å². The van der Waals surface area contributed by atoms with Crippen LogP contribution in [0.15, 0.2) is 0 Å². The Labute approximate surface area is 122 Å². The molecule has 5 nitrogen and oxygen atoms in total. The molecule has 0 saturated carbocycles. The Hall–Kier alpha value is -0.620. The number of hydrogen-bond donors (Lipinski definition) is 0. The number of amides is 1. The first-order valence-corrected chi connectivity index (χ1v) is 9.36. The van der Waals surface area contributed by atoms with Crippen molar-refractivity contribution in [2.75, 3.05) is 32.4 Å². The van der Waals surface area contributed by atoms with E-state index in [1.54, 1.807) is 0 Å². The van der Waals surface area contributed by atoms with Gasteiger partial charge in [-0.15, -0.1) is 0 Å². The number of rotatable bonds is 2. The first-order valence-electron chi connectivity index (χ1n) is 7.51. The fraction of sp³-hybridized carbons (Fsp3) is 0.929. The summed E-state index contributed by atoms with van der Waals surface area (Å²) in [5, 5.41) is 0. The molecule has 0 aliphatic carbocycles. The lowest BCUT2D eigenvalue weighted by Gasteiger charge is -2.39. The second-order valence-electron chi connectivity index (χ2n) is 6.65. The van der Waals surface area contributed by atoms with E-state index in [1.807, 2.05) is 4.90 Å². The molecule has 0 aromatic heterocycles. The monoisotopic (exact) mass is 302 g/mol. The first kappa shape index (κ1) is 15.8. The Balaban J connectivity index is 2.01. The maximum absolute atomic E-state index is 12.6. The minimum Gasteiger partial charge on any atom is -0.342 e. The summed E-state index contributed by atoms with van der Waals surface area (Å²) in [6, 6.07) is 0. The molecule has 6 heteroatoms. The summed E-state index contributed by atoms with van der Waals surface area (Å²) in [6.45, 7) is 6.91. The number of sulfonamides is 1. The summed E-state index contributed by atoms with van der Waals surface area (Å²) in [4.78, 5) is 14.6. The fourth-order valence-electron chi connectivity index (χ4n) is 3.55. The third-order valence-electron chi connectivity index (χ3n) is 4.38. The van der Waals surface area contributed by atoms with Crippen LogP contribution in [0.4, 0.5) is 0 Å². The van der Waals surface area contributed by atoms with Crippen molar-refractivity contribution in [3.8, 4) is 0 Å². The van der Waals surface area contributed by atoms with E-state index < -0.39 is 10.0 Å². The third kappa shape index (κ3) is 3.73. The largest absolute Gasteiger partial charge is 0.342 e. The smallest absolute Gasteiger partial charge is 0.227 e. The van der Waals surface area contributed by atoms with Gasteiger partial charge in [0.1, 0.15) is 0 Å². The number of piperidine rings is 2. The van der Waals surface area contributed by atoms with Gasteiger partial charge in [-0.25, -0.2) is 12.7 Å². The number of likely N-dealkylation sites (tertiary alicyclic amines) is 1. The van der Waals surface area contributed by atoms with Crippen molar-refractivity contribution >= 4 is 15.9 Å². The predicted octanol–water partition coefficient (Wildman–Crippen LogP) is 1.16. The molecule has 1 amide bonds. The maximum atomic E-state index is 12.6. The summed E-state index contributed by atoms with van der Waals surface area (Å²) in [5.41, 5.74) is 0. The van der Waals surface area contributed by atoms with Crippen molar-refractivity contribution in [1.82, 2.24) is 9.21 Å². The molecule has 2 heterocycles. The van der Waals surface area contributed by atoms with Gasteiger partial charge < -0.3 is 4.90 Å². The minimum atomic E-state index is -3.18. The van der Waals surface area contributed by atoms with Crippen molar-refractivity contribution in [3.63, 3.8) is 0 Å². The van der Waals surface area contributed by atoms with Gasteiger partial charge in [-0.3, -0.25) is 4.79 Å². The van der Waals surface area contributed by atoms with Crippen molar-refractivity contribution in [1.29, 1.82) is 0 Å². The van der Waals surface area contributed by atoms with Crippen LogP contribution in [0, 0.1) is 17.8 Å². The zero-order valence-corrected chi connectivity index (χ0v) is 13.5. The molecule has 2 aliphatic heterocycles. The van der Waals surface area contributed by atoms with E-state index >= 15 is 0 Å². The van der Waals surface area contributed by atoms with E-state index in [0.717, 1.165) is 25.9 Å². The van der Waals surface area contributed by atoms with Crippen LogP contribution in [0.25, 0.3) is 0 Å². The minimum absolute atomic E-state index is 0.150. The van der Waals surface area contributed by atoms with Crippen LogP contribution in [0.2, 0.25) is 0 Å². The highest BCUT2D eigenvalue weighted by Crippen LogP contribution is 2.26. The van der Waals surface area contributed by atoms with Gasteiger partial charge >= 0.3 is 0 Å². The first-order chi connectivity index (χ1) is 9.27. The number of hydrogen-bond acceptors (Lipinski definition) is 3. The average Bonchev–Trinajstić information content (AvgIpc) is 2.36. The van der Waals surface area contributed by atoms with Gasteiger partial charge in [0.05, 0.1) is 12.2 Å². The van der Waals surface area contributed by atoms with E-state index in [-0.39, 0.29) is 11.8 Å². The van der Waals surface area contributed by atoms with Crippen LogP contribution in [-0.4, -0.2) is 56.0 Å². The van der Waals surface area contributed by atoms with Crippen LogP contribution in [0.3, 0.4) is 0 Å². The Bertz CT molecular complexity index is 453. The van der Waals surface area contributed by atoms with Crippen LogP contribution >= 0.6 is 0 Å². The van der Waals surface area contributed by atoms with E-state index in [1.165, 1.54) is 17.0 Å². The van der Waals surface area contributed by atoms with Crippen molar-refractivity contribution in [2.24, 2.45) is 17.8 Å². The van der Waals surface area contributed by atoms with Crippen LogP contribution in [-0.2, 0) is 14.8 Å².